The second-order valence-electron chi connectivity index (χ2n) is 4.96. The van der Waals surface area contributed by atoms with Gasteiger partial charge in [0.05, 0.1) is 11.6 Å². The van der Waals surface area contributed by atoms with Crippen molar-refractivity contribution in [2.75, 3.05) is 12.3 Å². The summed E-state index contributed by atoms with van der Waals surface area (Å²) < 4.78 is 7.87. The van der Waals surface area contributed by atoms with E-state index in [1.165, 1.54) is 0 Å². The van der Waals surface area contributed by atoms with E-state index in [0.717, 1.165) is 40.3 Å². The Kier molecular flexibility index (Phi) is 4.02. The van der Waals surface area contributed by atoms with Gasteiger partial charge < -0.3 is 15.0 Å². The fraction of sp³-hybridized carbons (Fsp3) is 0.176. The average molecular weight is 301 g/mol. The minimum atomic E-state index is 0.661. The minimum Gasteiger partial charge on any atom is -0.494 e. The molecule has 1 aromatic heterocycles. The summed E-state index contributed by atoms with van der Waals surface area (Å²) in [5.74, 6) is 0.847. The van der Waals surface area contributed by atoms with E-state index in [2.05, 4.69) is 10.6 Å². The smallest absolute Gasteiger partial charge is 0.119 e. The molecule has 0 aliphatic rings. The van der Waals surface area contributed by atoms with E-state index < -0.39 is 0 Å². The van der Waals surface area contributed by atoms with Crippen LogP contribution in [0, 0.1) is 0 Å². The summed E-state index contributed by atoms with van der Waals surface area (Å²) in [5.41, 5.74) is 7.55. The predicted molar refractivity (Wildman–Crippen MR) is 87.9 cm³/mol. The van der Waals surface area contributed by atoms with E-state index in [-0.39, 0.29) is 0 Å². The standard InChI is InChI=1S/C17H17ClN2O/c18-16-12-20(17-5-2-1-4-15(16)17)10-3-11-21-14-8-6-13(19)7-9-14/h1-2,4-9,12H,3,10-11,19H2. The molecule has 3 rings (SSSR count). The number of para-hydroxylation sites is 1. The van der Waals surface area contributed by atoms with Crippen LogP contribution in [0.15, 0.2) is 54.7 Å². The van der Waals surface area contributed by atoms with E-state index in [0.29, 0.717) is 6.61 Å². The SMILES string of the molecule is Nc1ccc(OCCCn2cc(Cl)c3ccccc32)cc1. The largest absolute Gasteiger partial charge is 0.494 e. The lowest BCUT2D eigenvalue weighted by Gasteiger charge is -2.08. The lowest BCUT2D eigenvalue weighted by atomic mass is 10.2. The van der Waals surface area contributed by atoms with Gasteiger partial charge in [-0.2, -0.15) is 0 Å². The topological polar surface area (TPSA) is 40.2 Å². The zero-order valence-electron chi connectivity index (χ0n) is 11.6. The Bertz CT molecular complexity index is 734. The van der Waals surface area contributed by atoms with Crippen molar-refractivity contribution in [3.05, 3.63) is 59.8 Å². The van der Waals surface area contributed by atoms with Gasteiger partial charge in [0, 0.05) is 29.3 Å². The molecule has 0 unspecified atom stereocenters. The van der Waals surface area contributed by atoms with Crippen molar-refractivity contribution in [1.29, 1.82) is 0 Å². The number of benzene rings is 2. The number of anilines is 1. The quantitative estimate of drug-likeness (QED) is 0.562. The van der Waals surface area contributed by atoms with Crippen molar-refractivity contribution < 1.29 is 4.74 Å². The predicted octanol–water partition coefficient (Wildman–Crippen LogP) is 4.35. The summed E-state index contributed by atoms with van der Waals surface area (Å²) in [5, 5.41) is 1.89. The summed E-state index contributed by atoms with van der Waals surface area (Å²) in [6, 6.07) is 15.6. The Balaban J connectivity index is 1.58. The summed E-state index contributed by atoms with van der Waals surface area (Å²) in [6.07, 6.45) is 2.90. The van der Waals surface area contributed by atoms with Crippen molar-refractivity contribution in [3.63, 3.8) is 0 Å². The molecular formula is C17H17ClN2O. The van der Waals surface area contributed by atoms with Crippen LogP contribution in [-0.4, -0.2) is 11.2 Å². The van der Waals surface area contributed by atoms with E-state index in [4.69, 9.17) is 22.1 Å². The summed E-state index contributed by atoms with van der Waals surface area (Å²) in [6.45, 7) is 1.54. The number of halogens is 1. The van der Waals surface area contributed by atoms with Gasteiger partial charge in [-0.1, -0.05) is 29.8 Å². The maximum Gasteiger partial charge on any atom is 0.119 e. The number of nitrogen functional groups attached to an aromatic ring is 1. The maximum atomic E-state index is 6.24. The number of nitrogens with zero attached hydrogens (tertiary/aromatic N) is 1. The van der Waals surface area contributed by atoms with Crippen LogP contribution in [0.25, 0.3) is 10.9 Å². The van der Waals surface area contributed by atoms with E-state index in [1.807, 2.05) is 48.7 Å². The molecule has 0 aliphatic heterocycles. The van der Waals surface area contributed by atoms with Crippen LogP contribution in [0.3, 0.4) is 0 Å². The third-order valence-electron chi connectivity index (χ3n) is 3.43. The maximum absolute atomic E-state index is 6.24. The molecule has 0 atom stereocenters. The van der Waals surface area contributed by atoms with Gasteiger partial charge in [-0.3, -0.25) is 0 Å². The fourth-order valence-corrected chi connectivity index (χ4v) is 2.65. The minimum absolute atomic E-state index is 0.661. The van der Waals surface area contributed by atoms with Gasteiger partial charge in [-0.25, -0.2) is 0 Å². The highest BCUT2D eigenvalue weighted by atomic mass is 35.5. The Morgan fingerprint density at radius 2 is 1.81 bits per heavy atom. The molecule has 2 N–H and O–H groups in total. The highest BCUT2D eigenvalue weighted by molar-refractivity contribution is 6.35. The Hall–Kier alpha value is -2.13. The molecule has 4 heteroatoms. The first-order valence-electron chi connectivity index (χ1n) is 6.96. The highest BCUT2D eigenvalue weighted by Crippen LogP contribution is 2.25. The molecule has 3 aromatic rings. The van der Waals surface area contributed by atoms with Crippen molar-refractivity contribution in [1.82, 2.24) is 4.57 Å². The normalized spacial score (nSPS) is 10.9. The number of aromatic nitrogens is 1. The van der Waals surface area contributed by atoms with Crippen LogP contribution >= 0.6 is 11.6 Å². The molecule has 0 fully saturated rings. The second-order valence-corrected chi connectivity index (χ2v) is 5.37. The third-order valence-corrected chi connectivity index (χ3v) is 3.73. The first-order valence-corrected chi connectivity index (χ1v) is 7.33. The number of aryl methyl sites for hydroxylation is 1. The molecule has 0 radical (unpaired) electrons. The summed E-state index contributed by atoms with van der Waals surface area (Å²) >= 11 is 6.24. The molecule has 0 spiro atoms. The lowest BCUT2D eigenvalue weighted by molar-refractivity contribution is 0.302. The third kappa shape index (κ3) is 3.14. The van der Waals surface area contributed by atoms with Gasteiger partial charge in [0.25, 0.3) is 0 Å². The van der Waals surface area contributed by atoms with Crippen LogP contribution in [0.5, 0.6) is 5.75 Å². The summed E-state index contributed by atoms with van der Waals surface area (Å²) in [7, 11) is 0. The second kappa shape index (κ2) is 6.10. The van der Waals surface area contributed by atoms with Crippen LogP contribution in [0.2, 0.25) is 5.02 Å². The molecule has 2 aromatic carbocycles. The highest BCUT2D eigenvalue weighted by Gasteiger charge is 2.05. The number of fused-ring (bicyclic) bond motifs is 1. The molecule has 0 bridgehead atoms. The van der Waals surface area contributed by atoms with E-state index in [9.17, 15) is 0 Å². The Morgan fingerprint density at radius 1 is 1.05 bits per heavy atom. The molecule has 108 valence electrons. The molecule has 0 saturated heterocycles. The molecule has 1 heterocycles. The lowest BCUT2D eigenvalue weighted by Crippen LogP contribution is -2.03. The number of ether oxygens (including phenoxy) is 1. The van der Waals surface area contributed by atoms with Gasteiger partial charge in [0.1, 0.15) is 5.75 Å². The summed E-state index contributed by atoms with van der Waals surface area (Å²) in [4.78, 5) is 0. The zero-order valence-corrected chi connectivity index (χ0v) is 12.4. The number of hydrogen-bond acceptors (Lipinski definition) is 2. The number of hydrogen-bond donors (Lipinski definition) is 1. The van der Waals surface area contributed by atoms with E-state index >= 15 is 0 Å². The molecule has 21 heavy (non-hydrogen) atoms. The first-order chi connectivity index (χ1) is 10.2. The van der Waals surface area contributed by atoms with Crippen LogP contribution < -0.4 is 10.5 Å². The van der Waals surface area contributed by atoms with Gasteiger partial charge in [0.15, 0.2) is 0 Å². The van der Waals surface area contributed by atoms with Gasteiger partial charge in [0.2, 0.25) is 0 Å². The van der Waals surface area contributed by atoms with Gasteiger partial charge in [-0.05, 0) is 36.8 Å². The zero-order chi connectivity index (χ0) is 14.7. The van der Waals surface area contributed by atoms with Crippen LogP contribution in [-0.2, 0) is 6.54 Å². The van der Waals surface area contributed by atoms with Crippen LogP contribution in [0.4, 0.5) is 5.69 Å². The molecular weight excluding hydrogens is 284 g/mol. The van der Waals surface area contributed by atoms with E-state index in [1.54, 1.807) is 0 Å². The number of rotatable bonds is 5. The van der Waals surface area contributed by atoms with Gasteiger partial charge >= 0.3 is 0 Å². The fourth-order valence-electron chi connectivity index (χ4n) is 2.38. The Morgan fingerprint density at radius 3 is 2.62 bits per heavy atom. The average Bonchev–Trinajstić information content (AvgIpc) is 2.83. The number of nitrogens with two attached hydrogens (primary N) is 1. The van der Waals surface area contributed by atoms with Crippen molar-refractivity contribution >= 4 is 28.2 Å². The van der Waals surface area contributed by atoms with Crippen molar-refractivity contribution in [3.8, 4) is 5.75 Å². The molecule has 0 amide bonds. The molecule has 0 saturated carbocycles. The molecule has 3 nitrogen and oxygen atoms in total. The first kappa shape index (κ1) is 13.8. The van der Waals surface area contributed by atoms with Crippen LogP contribution in [0.1, 0.15) is 6.42 Å². The molecule has 0 aliphatic carbocycles. The van der Waals surface area contributed by atoms with Gasteiger partial charge in [-0.15, -0.1) is 0 Å². The Labute approximate surface area is 128 Å². The monoisotopic (exact) mass is 300 g/mol. The van der Waals surface area contributed by atoms with Crippen molar-refractivity contribution in [2.45, 2.75) is 13.0 Å². The van der Waals surface area contributed by atoms with Crippen molar-refractivity contribution in [2.24, 2.45) is 0 Å².